The number of nitrogens with zero attached hydrogens (tertiary/aromatic N) is 3. The van der Waals surface area contributed by atoms with Gasteiger partial charge in [-0.1, -0.05) is 19.3 Å². The van der Waals surface area contributed by atoms with Crippen LogP contribution in [0.1, 0.15) is 43.9 Å². The Hall–Kier alpha value is -1.78. The Morgan fingerprint density at radius 1 is 1.12 bits per heavy atom. The van der Waals surface area contributed by atoms with E-state index in [0.29, 0.717) is 11.5 Å². The third kappa shape index (κ3) is 3.81. The quantitative estimate of drug-likeness (QED) is 0.388. The number of rotatable bonds is 7. The highest BCUT2D eigenvalue weighted by Crippen LogP contribution is 2.30. The molecule has 9 heteroatoms. The molecule has 4 atom stereocenters. The van der Waals surface area contributed by atoms with Crippen molar-refractivity contribution in [1.82, 2.24) is 14.4 Å². The Bertz CT molecular complexity index is 718. The van der Waals surface area contributed by atoms with Gasteiger partial charge in [0.15, 0.2) is 5.65 Å². The maximum Gasteiger partial charge on any atom is 0.157 e. The van der Waals surface area contributed by atoms with Crippen molar-refractivity contribution in [2.24, 2.45) is 0 Å². The molecule has 144 valence electrons. The fourth-order valence-corrected chi connectivity index (χ4v) is 3.40. The number of hydrogen-bond donors (Lipinski definition) is 6. The predicted octanol–water partition coefficient (Wildman–Crippen LogP) is -0.418. The first kappa shape index (κ1) is 19.0. The van der Waals surface area contributed by atoms with Crippen molar-refractivity contribution in [3.05, 3.63) is 24.3 Å². The molecule has 2 aromatic rings. The van der Waals surface area contributed by atoms with Crippen LogP contribution < -0.4 is 5.32 Å². The molecule has 0 bridgehead atoms. The van der Waals surface area contributed by atoms with Gasteiger partial charge in [0.2, 0.25) is 0 Å². The smallest absolute Gasteiger partial charge is 0.157 e. The molecule has 2 aromatic heterocycles. The number of imidazole rings is 1. The Kier molecular flexibility index (Phi) is 6.05. The highest BCUT2D eigenvalue weighted by atomic mass is 16.4. The van der Waals surface area contributed by atoms with Gasteiger partial charge < -0.3 is 30.8 Å². The van der Waals surface area contributed by atoms with E-state index in [4.69, 9.17) is 5.11 Å². The zero-order valence-electron chi connectivity index (χ0n) is 14.4. The van der Waals surface area contributed by atoms with E-state index in [9.17, 15) is 20.4 Å². The minimum absolute atomic E-state index is 0.167. The van der Waals surface area contributed by atoms with Crippen LogP contribution in [0.3, 0.4) is 0 Å². The largest absolute Gasteiger partial charge is 0.394 e. The first-order valence-corrected chi connectivity index (χ1v) is 8.94. The van der Waals surface area contributed by atoms with Crippen molar-refractivity contribution in [3.63, 3.8) is 0 Å². The predicted molar refractivity (Wildman–Crippen MR) is 93.5 cm³/mol. The second-order valence-electron chi connectivity index (χ2n) is 6.81. The summed E-state index contributed by atoms with van der Waals surface area (Å²) in [6, 6.07) is 0.230. The van der Waals surface area contributed by atoms with E-state index in [1.54, 1.807) is 16.8 Å². The first-order valence-electron chi connectivity index (χ1n) is 8.94. The molecule has 1 aliphatic rings. The Balaban J connectivity index is 1.92. The summed E-state index contributed by atoms with van der Waals surface area (Å²) in [5.74, 6) is 0.534. The summed E-state index contributed by atoms with van der Waals surface area (Å²) >= 11 is 0. The average Bonchev–Trinajstić information content (AvgIpc) is 3.05. The summed E-state index contributed by atoms with van der Waals surface area (Å²) in [5.41, 5.74) is 0.657. The molecular weight excluding hydrogens is 340 g/mol. The summed E-state index contributed by atoms with van der Waals surface area (Å²) in [6.45, 7) is -0.729. The molecule has 2 heterocycles. The number of fused-ring (bicyclic) bond motifs is 1. The van der Waals surface area contributed by atoms with E-state index in [2.05, 4.69) is 15.3 Å². The van der Waals surface area contributed by atoms with Crippen LogP contribution in [0, 0.1) is 0 Å². The molecular formula is C17H26N4O5. The van der Waals surface area contributed by atoms with Crippen LogP contribution in [0.15, 0.2) is 18.6 Å². The van der Waals surface area contributed by atoms with Crippen molar-refractivity contribution >= 4 is 11.5 Å². The zero-order chi connectivity index (χ0) is 18.7. The van der Waals surface area contributed by atoms with Crippen molar-refractivity contribution < 1.29 is 25.5 Å². The third-order valence-electron chi connectivity index (χ3n) is 4.94. The molecule has 0 aromatic carbocycles. The van der Waals surface area contributed by atoms with Gasteiger partial charge in [-0.2, -0.15) is 0 Å². The van der Waals surface area contributed by atoms with Gasteiger partial charge in [0.05, 0.1) is 12.8 Å². The highest BCUT2D eigenvalue weighted by Gasteiger charge is 2.34. The lowest BCUT2D eigenvalue weighted by atomic mass is 9.95. The second kappa shape index (κ2) is 8.28. The minimum Gasteiger partial charge on any atom is -0.394 e. The van der Waals surface area contributed by atoms with Crippen LogP contribution >= 0.6 is 0 Å². The molecule has 1 aliphatic carbocycles. The van der Waals surface area contributed by atoms with Crippen molar-refractivity contribution in [2.75, 3.05) is 11.9 Å². The Labute approximate surface area is 151 Å². The Morgan fingerprint density at radius 3 is 2.54 bits per heavy atom. The highest BCUT2D eigenvalue weighted by molar-refractivity contribution is 5.55. The van der Waals surface area contributed by atoms with E-state index < -0.39 is 31.0 Å². The lowest BCUT2D eigenvalue weighted by molar-refractivity contribution is -0.116. The summed E-state index contributed by atoms with van der Waals surface area (Å²) in [6.07, 6.45) is 3.77. The maximum absolute atomic E-state index is 10.6. The fraction of sp³-hybridized carbons (Fsp3) is 0.647. The van der Waals surface area contributed by atoms with E-state index in [-0.39, 0.29) is 11.7 Å². The standard InChI is InChI=1S/C17H26N4O5/c22-9-11(23)14(24)16(26)15(25)13-17(19-10-4-2-1-3-5-10)21-7-6-18-8-12(21)20-13/h6-8,10-11,14-16,19,22-26H,1-5,9H2/t11-,14-,15-,16+/m1/s1. The molecule has 1 saturated carbocycles. The van der Waals surface area contributed by atoms with Crippen molar-refractivity contribution in [2.45, 2.75) is 62.6 Å². The molecule has 0 amide bonds. The summed E-state index contributed by atoms with van der Waals surface area (Å²) in [4.78, 5) is 8.36. The van der Waals surface area contributed by atoms with E-state index in [0.717, 1.165) is 25.7 Å². The molecule has 0 radical (unpaired) electrons. The van der Waals surface area contributed by atoms with Crippen LogP contribution in [0.4, 0.5) is 5.82 Å². The van der Waals surface area contributed by atoms with Gasteiger partial charge in [0, 0.05) is 18.4 Å². The van der Waals surface area contributed by atoms with Gasteiger partial charge in [-0.15, -0.1) is 0 Å². The van der Waals surface area contributed by atoms with Crippen LogP contribution in [-0.4, -0.2) is 70.9 Å². The molecule has 9 nitrogen and oxygen atoms in total. The summed E-state index contributed by atoms with van der Waals surface area (Å²) in [7, 11) is 0. The molecule has 0 saturated heterocycles. The number of anilines is 1. The van der Waals surface area contributed by atoms with Crippen molar-refractivity contribution in [3.8, 4) is 0 Å². The van der Waals surface area contributed by atoms with Gasteiger partial charge in [-0.05, 0) is 12.8 Å². The fourth-order valence-electron chi connectivity index (χ4n) is 3.40. The molecule has 1 fully saturated rings. The lowest BCUT2D eigenvalue weighted by Gasteiger charge is -2.27. The summed E-state index contributed by atoms with van der Waals surface area (Å²) < 4.78 is 1.74. The van der Waals surface area contributed by atoms with E-state index in [1.165, 1.54) is 12.6 Å². The third-order valence-corrected chi connectivity index (χ3v) is 4.94. The SMILES string of the molecule is OC[C@@H](O)[C@@H](O)[C@H](O)[C@H](O)c1nc2cnccn2c1NC1CCCCC1. The molecule has 0 aliphatic heterocycles. The zero-order valence-corrected chi connectivity index (χ0v) is 14.4. The topological polar surface area (TPSA) is 143 Å². The maximum atomic E-state index is 10.6. The van der Waals surface area contributed by atoms with Gasteiger partial charge in [0.1, 0.15) is 35.9 Å². The number of hydrogen-bond acceptors (Lipinski definition) is 8. The number of aliphatic hydroxyl groups excluding tert-OH is 5. The molecule has 6 N–H and O–H groups in total. The van der Waals surface area contributed by atoms with Crippen LogP contribution in [0.2, 0.25) is 0 Å². The average molecular weight is 366 g/mol. The molecule has 0 unspecified atom stereocenters. The number of aliphatic hydroxyl groups is 5. The van der Waals surface area contributed by atoms with Gasteiger partial charge >= 0.3 is 0 Å². The van der Waals surface area contributed by atoms with Gasteiger partial charge in [-0.25, -0.2) is 4.98 Å². The van der Waals surface area contributed by atoms with Crippen molar-refractivity contribution in [1.29, 1.82) is 0 Å². The number of nitrogens with one attached hydrogen (secondary N) is 1. The molecule has 26 heavy (non-hydrogen) atoms. The van der Waals surface area contributed by atoms with E-state index >= 15 is 0 Å². The van der Waals surface area contributed by atoms with E-state index in [1.807, 2.05) is 0 Å². The Morgan fingerprint density at radius 2 is 1.85 bits per heavy atom. The summed E-state index contributed by atoms with van der Waals surface area (Å²) in [5, 5.41) is 52.6. The monoisotopic (exact) mass is 366 g/mol. The van der Waals surface area contributed by atoms with Gasteiger partial charge in [-0.3, -0.25) is 9.38 Å². The number of aromatic nitrogens is 3. The van der Waals surface area contributed by atoms with Crippen LogP contribution in [-0.2, 0) is 0 Å². The second-order valence-corrected chi connectivity index (χ2v) is 6.81. The minimum atomic E-state index is -1.71. The van der Waals surface area contributed by atoms with Crippen LogP contribution in [0.25, 0.3) is 5.65 Å². The van der Waals surface area contributed by atoms with Crippen LogP contribution in [0.5, 0.6) is 0 Å². The lowest BCUT2D eigenvalue weighted by Crippen LogP contribution is -2.43. The normalized spacial score (nSPS) is 20.7. The molecule has 0 spiro atoms. The first-order chi connectivity index (χ1) is 12.5. The molecule has 3 rings (SSSR count). The van der Waals surface area contributed by atoms with Gasteiger partial charge in [0.25, 0.3) is 0 Å².